The maximum Gasteiger partial charge on any atom is 0.354 e. The van der Waals surface area contributed by atoms with Crippen molar-refractivity contribution in [1.82, 2.24) is 29.5 Å². The normalized spacial score (nSPS) is 17.0. The number of nitrogens with zero attached hydrogens (tertiary/aromatic N) is 3. The molecule has 2 aliphatic rings. The molecule has 2 aromatic carbocycles. The Morgan fingerprint density at radius 2 is 1.70 bits per heavy atom. The van der Waals surface area contributed by atoms with Gasteiger partial charge in [0.2, 0.25) is 10.0 Å². The van der Waals surface area contributed by atoms with Gasteiger partial charge in [0.15, 0.2) is 0 Å². The number of nitrogens with one attached hydrogen (secondary N) is 3. The lowest BCUT2D eigenvalue weighted by Gasteiger charge is -2.40. The van der Waals surface area contributed by atoms with Gasteiger partial charge < -0.3 is 26.1 Å². The van der Waals surface area contributed by atoms with E-state index < -0.39 is 10.0 Å². The van der Waals surface area contributed by atoms with Gasteiger partial charge in [-0.25, -0.2) is 13.2 Å². The zero-order valence-corrected chi connectivity index (χ0v) is 25.7. The SMILES string of the molecule is NCCCNCc1ccc(-n2cc3cc(-c4ccc(S(=O)(=O)N(C5CCNCC5)C5CCOCC5)cc4)[nH]c3nc2=O)cc1. The molecule has 5 N–H and O–H groups in total. The fraction of sp³-hybridized carbons (Fsp3) is 0.438. The molecule has 0 amide bonds. The third-order valence-electron chi connectivity index (χ3n) is 8.57. The molecule has 2 saturated heterocycles. The van der Waals surface area contributed by atoms with Gasteiger partial charge >= 0.3 is 5.69 Å². The van der Waals surface area contributed by atoms with Crippen molar-refractivity contribution in [2.24, 2.45) is 5.73 Å². The van der Waals surface area contributed by atoms with Crippen LogP contribution < -0.4 is 22.1 Å². The molecule has 0 aliphatic carbocycles. The Morgan fingerprint density at radius 3 is 2.41 bits per heavy atom. The number of aromatic amines is 1. The molecule has 0 saturated carbocycles. The van der Waals surface area contributed by atoms with Crippen LogP contribution >= 0.6 is 0 Å². The fourth-order valence-electron chi connectivity index (χ4n) is 6.19. The van der Waals surface area contributed by atoms with Gasteiger partial charge in [-0.1, -0.05) is 24.3 Å². The summed E-state index contributed by atoms with van der Waals surface area (Å²) in [5, 5.41) is 7.48. The molecule has 11 nitrogen and oxygen atoms in total. The number of H-pyrrole nitrogens is 1. The van der Waals surface area contributed by atoms with Crippen LogP contribution in [0.5, 0.6) is 0 Å². The summed E-state index contributed by atoms with van der Waals surface area (Å²) in [7, 11) is -3.70. The van der Waals surface area contributed by atoms with Gasteiger partial charge in [-0.3, -0.25) is 4.57 Å². The first-order valence-electron chi connectivity index (χ1n) is 15.5. The highest BCUT2D eigenvalue weighted by Gasteiger charge is 2.38. The predicted molar refractivity (Wildman–Crippen MR) is 171 cm³/mol. The average Bonchev–Trinajstić information content (AvgIpc) is 3.47. The lowest BCUT2D eigenvalue weighted by molar-refractivity contribution is 0.0457. The molecule has 12 heteroatoms. The molecule has 0 atom stereocenters. The van der Waals surface area contributed by atoms with E-state index in [1.54, 1.807) is 22.6 Å². The predicted octanol–water partition coefficient (Wildman–Crippen LogP) is 2.74. The van der Waals surface area contributed by atoms with E-state index in [0.29, 0.717) is 43.1 Å². The first-order chi connectivity index (χ1) is 21.4. The molecule has 0 spiro atoms. The first kappa shape index (κ1) is 30.6. The molecular formula is C32H41N7O4S. The summed E-state index contributed by atoms with van der Waals surface area (Å²) in [5.41, 5.74) is 9.07. The number of benzene rings is 2. The van der Waals surface area contributed by atoms with Crippen LogP contribution in [0, 0.1) is 0 Å². The minimum absolute atomic E-state index is 0.0222. The second-order valence-electron chi connectivity index (χ2n) is 11.5. The number of aromatic nitrogens is 3. The van der Waals surface area contributed by atoms with E-state index in [1.807, 2.05) is 42.5 Å². The lowest BCUT2D eigenvalue weighted by Crippen LogP contribution is -2.52. The van der Waals surface area contributed by atoms with Gasteiger partial charge in [0.25, 0.3) is 0 Å². The van der Waals surface area contributed by atoms with E-state index in [4.69, 9.17) is 10.5 Å². The molecule has 6 rings (SSSR count). The molecule has 2 aromatic heterocycles. The summed E-state index contributed by atoms with van der Waals surface area (Å²) in [4.78, 5) is 20.7. The molecule has 0 radical (unpaired) electrons. The van der Waals surface area contributed by atoms with Crippen molar-refractivity contribution < 1.29 is 13.2 Å². The van der Waals surface area contributed by atoms with Crippen LogP contribution in [-0.4, -0.2) is 78.7 Å². The van der Waals surface area contributed by atoms with E-state index in [9.17, 15) is 13.2 Å². The van der Waals surface area contributed by atoms with Crippen molar-refractivity contribution in [3.63, 3.8) is 0 Å². The Morgan fingerprint density at radius 1 is 1.00 bits per heavy atom. The average molecular weight is 620 g/mol. The maximum atomic E-state index is 14.0. The summed E-state index contributed by atoms with van der Waals surface area (Å²) < 4.78 is 36.9. The molecule has 0 bridgehead atoms. The molecule has 4 aromatic rings. The van der Waals surface area contributed by atoms with Crippen LogP contribution in [0.3, 0.4) is 0 Å². The summed E-state index contributed by atoms with van der Waals surface area (Å²) in [5.74, 6) is 0. The third-order valence-corrected chi connectivity index (χ3v) is 10.6. The number of sulfonamides is 1. The van der Waals surface area contributed by atoms with Gasteiger partial charge in [0, 0.05) is 49.1 Å². The molecular weight excluding hydrogens is 578 g/mol. The summed E-state index contributed by atoms with van der Waals surface area (Å²) in [6, 6.07) is 16.7. The summed E-state index contributed by atoms with van der Waals surface area (Å²) in [6.45, 7) is 5.05. The zero-order valence-electron chi connectivity index (χ0n) is 24.9. The quantitative estimate of drug-likeness (QED) is 0.188. The van der Waals surface area contributed by atoms with E-state index in [1.165, 1.54) is 4.57 Å². The number of fused-ring (bicyclic) bond motifs is 1. The second kappa shape index (κ2) is 13.7. The monoisotopic (exact) mass is 619 g/mol. The molecule has 2 aliphatic heterocycles. The van der Waals surface area contributed by atoms with Gasteiger partial charge in [-0.05, 0) is 99.7 Å². The van der Waals surface area contributed by atoms with Crippen LogP contribution in [0.4, 0.5) is 0 Å². The van der Waals surface area contributed by atoms with Gasteiger partial charge in [-0.2, -0.15) is 9.29 Å². The minimum Gasteiger partial charge on any atom is -0.381 e. The van der Waals surface area contributed by atoms with E-state index in [0.717, 1.165) is 73.3 Å². The highest BCUT2D eigenvalue weighted by Crippen LogP contribution is 2.31. The second-order valence-corrected chi connectivity index (χ2v) is 13.4. The number of hydrogen-bond acceptors (Lipinski definition) is 8. The number of piperidine rings is 1. The summed E-state index contributed by atoms with van der Waals surface area (Å²) >= 11 is 0. The fourth-order valence-corrected chi connectivity index (χ4v) is 8.12. The number of ether oxygens (including phenoxy) is 1. The van der Waals surface area contributed by atoms with Gasteiger partial charge in [-0.15, -0.1) is 0 Å². The number of rotatable bonds is 11. The Balaban J connectivity index is 1.22. The number of hydrogen-bond donors (Lipinski definition) is 4. The lowest BCUT2D eigenvalue weighted by atomic mass is 10.0. The van der Waals surface area contributed by atoms with Crippen LogP contribution in [-0.2, 0) is 21.3 Å². The van der Waals surface area contributed by atoms with E-state index in [-0.39, 0.29) is 17.8 Å². The molecule has 0 unspecified atom stereocenters. The number of nitrogens with two attached hydrogens (primary N) is 1. The standard InChI is InChI=1S/C32H41N7O4S/c33-14-1-15-35-21-23-2-6-26(7-3-23)38-22-25-20-30(36-31(25)37-32(38)40)24-4-8-29(9-5-24)44(41,42)39(27-10-16-34-17-11-27)28-12-18-43-19-13-28/h2-9,20,22,27-28,34-35H,1,10-19,21,33H2,(H,36,37,40). The van der Waals surface area contributed by atoms with Crippen molar-refractivity contribution in [3.05, 3.63) is 76.8 Å². The van der Waals surface area contributed by atoms with E-state index in [2.05, 4.69) is 20.6 Å². The largest absolute Gasteiger partial charge is 0.381 e. The topological polar surface area (TPSA) is 147 Å². The van der Waals surface area contributed by atoms with Crippen LogP contribution in [0.15, 0.2) is 70.5 Å². The minimum atomic E-state index is -3.70. The van der Waals surface area contributed by atoms with Crippen LogP contribution in [0.1, 0.15) is 37.7 Å². The van der Waals surface area contributed by atoms with Crippen molar-refractivity contribution in [2.75, 3.05) is 39.4 Å². The zero-order chi connectivity index (χ0) is 30.5. The van der Waals surface area contributed by atoms with Gasteiger partial charge in [0.05, 0.1) is 10.6 Å². The summed E-state index contributed by atoms with van der Waals surface area (Å²) in [6.07, 6.45) is 5.73. The molecule has 4 heterocycles. The Labute approximate surface area is 257 Å². The van der Waals surface area contributed by atoms with Crippen molar-refractivity contribution in [2.45, 2.75) is 55.6 Å². The van der Waals surface area contributed by atoms with Crippen molar-refractivity contribution in [1.29, 1.82) is 0 Å². The molecule has 44 heavy (non-hydrogen) atoms. The molecule has 2 fully saturated rings. The third kappa shape index (κ3) is 6.65. The van der Waals surface area contributed by atoms with Crippen molar-refractivity contribution in [3.8, 4) is 16.9 Å². The van der Waals surface area contributed by atoms with E-state index >= 15 is 0 Å². The van der Waals surface area contributed by atoms with Crippen LogP contribution in [0.25, 0.3) is 28.0 Å². The highest BCUT2D eigenvalue weighted by atomic mass is 32.2. The maximum absolute atomic E-state index is 14.0. The Kier molecular flexibility index (Phi) is 9.55. The Hall–Kier alpha value is -3.39. The van der Waals surface area contributed by atoms with Gasteiger partial charge in [0.1, 0.15) is 5.65 Å². The smallest absolute Gasteiger partial charge is 0.354 e. The van der Waals surface area contributed by atoms with Crippen molar-refractivity contribution >= 4 is 21.1 Å². The molecule has 234 valence electrons. The first-order valence-corrected chi connectivity index (χ1v) is 16.9. The Bertz CT molecular complexity index is 1690. The highest BCUT2D eigenvalue weighted by molar-refractivity contribution is 7.89. The van der Waals surface area contributed by atoms with Crippen LogP contribution in [0.2, 0.25) is 0 Å².